The quantitative estimate of drug-likeness (QED) is 0.908. The molecule has 0 spiro atoms. The first-order valence-corrected chi connectivity index (χ1v) is 6.55. The first-order valence-electron chi connectivity index (χ1n) is 6.55. The summed E-state index contributed by atoms with van der Waals surface area (Å²) in [5.41, 5.74) is 0.801. The van der Waals surface area contributed by atoms with Gasteiger partial charge in [-0.25, -0.2) is 4.79 Å². The van der Waals surface area contributed by atoms with Crippen molar-refractivity contribution in [1.82, 2.24) is 5.32 Å². The van der Waals surface area contributed by atoms with Crippen molar-refractivity contribution in [1.29, 1.82) is 0 Å². The molecule has 1 atom stereocenters. The smallest absolute Gasteiger partial charge is 0.471 e. The summed E-state index contributed by atoms with van der Waals surface area (Å²) < 4.78 is 37.6. The molecule has 0 saturated heterocycles. The zero-order valence-electron chi connectivity index (χ0n) is 11.7. The summed E-state index contributed by atoms with van der Waals surface area (Å²) in [7, 11) is 0. The molecular formula is C16H12F3NO3. The summed E-state index contributed by atoms with van der Waals surface area (Å²) in [6, 6.07) is 12.4. The lowest BCUT2D eigenvalue weighted by Gasteiger charge is -2.20. The number of carboxylic acid groups (broad SMARTS) is 1. The number of hydrogen-bond acceptors (Lipinski definition) is 2. The Kier molecular flexibility index (Phi) is 4.68. The number of hydrogen-bond donors (Lipinski definition) is 2. The van der Waals surface area contributed by atoms with Crippen LogP contribution in [0.15, 0.2) is 54.6 Å². The highest BCUT2D eigenvalue weighted by molar-refractivity contribution is 5.87. The van der Waals surface area contributed by atoms with Crippen LogP contribution in [0.1, 0.15) is 27.5 Å². The van der Waals surface area contributed by atoms with Crippen molar-refractivity contribution in [2.75, 3.05) is 0 Å². The molecule has 0 aromatic heterocycles. The second kappa shape index (κ2) is 6.51. The van der Waals surface area contributed by atoms with Crippen molar-refractivity contribution < 1.29 is 27.9 Å². The third kappa shape index (κ3) is 4.09. The van der Waals surface area contributed by atoms with Gasteiger partial charge in [0.05, 0.1) is 11.6 Å². The van der Waals surface area contributed by atoms with Gasteiger partial charge in [0.25, 0.3) is 0 Å². The number of amides is 1. The zero-order valence-corrected chi connectivity index (χ0v) is 11.7. The number of nitrogens with one attached hydrogen (secondary N) is 1. The Bertz CT molecular complexity index is 697. The topological polar surface area (TPSA) is 66.4 Å². The van der Waals surface area contributed by atoms with Crippen LogP contribution in [0.5, 0.6) is 0 Å². The normalized spacial score (nSPS) is 12.5. The van der Waals surface area contributed by atoms with Crippen LogP contribution in [-0.2, 0) is 4.79 Å². The van der Waals surface area contributed by atoms with E-state index < -0.39 is 24.1 Å². The van der Waals surface area contributed by atoms with E-state index in [1.54, 1.807) is 30.3 Å². The molecule has 120 valence electrons. The van der Waals surface area contributed by atoms with Gasteiger partial charge in [-0.15, -0.1) is 0 Å². The predicted octanol–water partition coefficient (Wildman–Crippen LogP) is 3.15. The molecule has 0 aliphatic heterocycles. The van der Waals surface area contributed by atoms with Gasteiger partial charge in [-0.05, 0) is 23.3 Å². The SMILES string of the molecule is O=C(O)c1ccc(C(NC(=O)C(F)(F)F)c2ccccc2)cc1. The molecular weight excluding hydrogens is 311 g/mol. The lowest BCUT2D eigenvalue weighted by atomic mass is 9.97. The Labute approximate surface area is 129 Å². The Morgan fingerprint density at radius 2 is 1.43 bits per heavy atom. The van der Waals surface area contributed by atoms with Gasteiger partial charge in [0.2, 0.25) is 0 Å². The lowest BCUT2D eigenvalue weighted by Crippen LogP contribution is -2.39. The lowest BCUT2D eigenvalue weighted by molar-refractivity contribution is -0.174. The predicted molar refractivity (Wildman–Crippen MR) is 75.9 cm³/mol. The van der Waals surface area contributed by atoms with E-state index in [1.165, 1.54) is 24.3 Å². The highest BCUT2D eigenvalue weighted by atomic mass is 19.4. The van der Waals surface area contributed by atoms with Gasteiger partial charge in [0.15, 0.2) is 0 Å². The van der Waals surface area contributed by atoms with Crippen LogP contribution < -0.4 is 5.32 Å². The fourth-order valence-electron chi connectivity index (χ4n) is 2.04. The number of rotatable bonds is 4. The van der Waals surface area contributed by atoms with E-state index in [0.717, 1.165) is 0 Å². The van der Waals surface area contributed by atoms with Crippen molar-refractivity contribution in [2.45, 2.75) is 12.2 Å². The molecule has 0 heterocycles. The van der Waals surface area contributed by atoms with Crippen molar-refractivity contribution >= 4 is 11.9 Å². The maximum atomic E-state index is 12.5. The summed E-state index contributed by atoms with van der Waals surface area (Å²) >= 11 is 0. The summed E-state index contributed by atoms with van der Waals surface area (Å²) in [4.78, 5) is 22.1. The molecule has 0 radical (unpaired) electrons. The number of carbonyl (C=O) groups is 2. The molecule has 2 aromatic rings. The molecule has 0 aliphatic rings. The molecule has 2 rings (SSSR count). The molecule has 0 fully saturated rings. The Hall–Kier alpha value is -2.83. The Morgan fingerprint density at radius 1 is 0.913 bits per heavy atom. The average Bonchev–Trinajstić information content (AvgIpc) is 2.52. The van der Waals surface area contributed by atoms with Crippen LogP contribution in [0, 0.1) is 0 Å². The van der Waals surface area contributed by atoms with Crippen molar-refractivity contribution in [3.63, 3.8) is 0 Å². The van der Waals surface area contributed by atoms with E-state index in [2.05, 4.69) is 0 Å². The summed E-state index contributed by atoms with van der Waals surface area (Å²) in [5.74, 6) is -3.21. The molecule has 2 aromatic carbocycles. The van der Waals surface area contributed by atoms with Gasteiger partial charge in [-0.2, -0.15) is 13.2 Å². The van der Waals surface area contributed by atoms with E-state index in [4.69, 9.17) is 5.11 Å². The fraction of sp³-hybridized carbons (Fsp3) is 0.125. The first kappa shape index (κ1) is 16.5. The van der Waals surface area contributed by atoms with Crippen LogP contribution in [0.3, 0.4) is 0 Å². The average molecular weight is 323 g/mol. The summed E-state index contributed by atoms with van der Waals surface area (Å²) in [6.07, 6.45) is -5.01. The monoisotopic (exact) mass is 323 g/mol. The zero-order chi connectivity index (χ0) is 17.0. The third-order valence-electron chi connectivity index (χ3n) is 3.16. The molecule has 0 aliphatic carbocycles. The highest BCUT2D eigenvalue weighted by Crippen LogP contribution is 2.25. The van der Waals surface area contributed by atoms with Crippen molar-refractivity contribution in [2.24, 2.45) is 0 Å². The largest absolute Gasteiger partial charge is 0.478 e. The summed E-state index contributed by atoms with van der Waals surface area (Å²) in [6.45, 7) is 0. The van der Waals surface area contributed by atoms with Crippen LogP contribution in [0.4, 0.5) is 13.2 Å². The van der Waals surface area contributed by atoms with Gasteiger partial charge in [0.1, 0.15) is 0 Å². The van der Waals surface area contributed by atoms with Gasteiger partial charge in [-0.3, -0.25) is 4.79 Å². The number of benzene rings is 2. The standard InChI is InChI=1S/C16H12F3NO3/c17-16(18,19)15(23)20-13(10-4-2-1-3-5-10)11-6-8-12(9-7-11)14(21)22/h1-9,13H,(H,20,23)(H,21,22). The molecule has 4 nitrogen and oxygen atoms in total. The van der Waals surface area contributed by atoms with E-state index in [1.807, 2.05) is 5.32 Å². The minimum Gasteiger partial charge on any atom is -0.478 e. The molecule has 1 unspecified atom stereocenters. The van der Waals surface area contributed by atoms with Crippen LogP contribution in [-0.4, -0.2) is 23.2 Å². The van der Waals surface area contributed by atoms with Gasteiger partial charge in [-0.1, -0.05) is 42.5 Å². The van der Waals surface area contributed by atoms with Gasteiger partial charge >= 0.3 is 18.1 Å². The van der Waals surface area contributed by atoms with E-state index in [-0.39, 0.29) is 5.56 Å². The molecule has 2 N–H and O–H groups in total. The Morgan fingerprint density at radius 3 is 1.91 bits per heavy atom. The number of carbonyl (C=O) groups excluding carboxylic acids is 1. The van der Waals surface area contributed by atoms with Crippen LogP contribution >= 0.6 is 0 Å². The highest BCUT2D eigenvalue weighted by Gasteiger charge is 2.40. The van der Waals surface area contributed by atoms with Crippen LogP contribution in [0.2, 0.25) is 0 Å². The van der Waals surface area contributed by atoms with Crippen molar-refractivity contribution in [3.8, 4) is 0 Å². The minimum atomic E-state index is -5.01. The number of aromatic carboxylic acids is 1. The second-order valence-electron chi connectivity index (χ2n) is 4.74. The maximum absolute atomic E-state index is 12.5. The number of alkyl halides is 3. The van der Waals surface area contributed by atoms with Gasteiger partial charge in [0, 0.05) is 0 Å². The minimum absolute atomic E-state index is 0.00251. The maximum Gasteiger partial charge on any atom is 0.471 e. The van der Waals surface area contributed by atoms with Crippen LogP contribution in [0.25, 0.3) is 0 Å². The second-order valence-corrected chi connectivity index (χ2v) is 4.74. The van der Waals surface area contributed by atoms with E-state index >= 15 is 0 Å². The van der Waals surface area contributed by atoms with E-state index in [9.17, 15) is 22.8 Å². The molecule has 7 heteroatoms. The first-order chi connectivity index (χ1) is 10.8. The molecule has 0 saturated carbocycles. The Balaban J connectivity index is 2.37. The summed E-state index contributed by atoms with van der Waals surface area (Å²) in [5, 5.41) is 10.8. The van der Waals surface area contributed by atoms with E-state index in [0.29, 0.717) is 11.1 Å². The number of halogens is 3. The molecule has 1 amide bonds. The fourth-order valence-corrected chi connectivity index (χ4v) is 2.04. The molecule has 0 bridgehead atoms. The number of carboxylic acids is 1. The third-order valence-corrected chi connectivity index (χ3v) is 3.16. The van der Waals surface area contributed by atoms with Crippen molar-refractivity contribution in [3.05, 3.63) is 71.3 Å². The van der Waals surface area contributed by atoms with Gasteiger partial charge < -0.3 is 10.4 Å². The molecule has 23 heavy (non-hydrogen) atoms.